The second kappa shape index (κ2) is 4.34. The number of amides is 1. The highest BCUT2D eigenvalue weighted by Gasteiger charge is 2.33. The first kappa shape index (κ1) is 12.2. The molecule has 1 atom stereocenters. The van der Waals surface area contributed by atoms with Crippen molar-refractivity contribution in [1.82, 2.24) is 15.1 Å². The summed E-state index contributed by atoms with van der Waals surface area (Å²) >= 11 is 0. The van der Waals surface area contributed by atoms with Crippen molar-refractivity contribution in [3.63, 3.8) is 0 Å². The smallest absolute Gasteiger partial charge is 0.329 e. The van der Waals surface area contributed by atoms with E-state index in [2.05, 4.69) is 10.4 Å². The van der Waals surface area contributed by atoms with Crippen molar-refractivity contribution in [2.24, 2.45) is 7.05 Å². The standard InChI is InChI=1S/C10H15N3O3/c1-4-10(2,9(15)16)12-8(14)7-5-11-13(3)6-7/h5-6H,4H2,1-3H3,(H,12,14)(H,15,16). The number of carboxylic acids is 1. The lowest BCUT2D eigenvalue weighted by molar-refractivity contribution is -0.143. The van der Waals surface area contributed by atoms with Gasteiger partial charge in [-0.25, -0.2) is 4.79 Å². The van der Waals surface area contributed by atoms with Crippen LogP contribution in [0.3, 0.4) is 0 Å². The minimum atomic E-state index is -1.24. The zero-order valence-electron chi connectivity index (χ0n) is 9.52. The number of aliphatic carboxylic acids is 1. The van der Waals surface area contributed by atoms with Gasteiger partial charge in [0.2, 0.25) is 0 Å². The molecule has 2 N–H and O–H groups in total. The molecule has 0 aliphatic heterocycles. The average Bonchev–Trinajstić information content (AvgIpc) is 2.64. The molecule has 0 bridgehead atoms. The lowest BCUT2D eigenvalue weighted by Crippen LogP contribution is -2.51. The number of hydrogen-bond donors (Lipinski definition) is 2. The summed E-state index contributed by atoms with van der Waals surface area (Å²) in [7, 11) is 1.69. The predicted molar refractivity (Wildman–Crippen MR) is 57.0 cm³/mol. The van der Waals surface area contributed by atoms with E-state index in [-0.39, 0.29) is 0 Å². The number of rotatable bonds is 4. The van der Waals surface area contributed by atoms with Gasteiger partial charge in [-0.15, -0.1) is 0 Å². The molecule has 16 heavy (non-hydrogen) atoms. The van der Waals surface area contributed by atoms with Gasteiger partial charge in [0.1, 0.15) is 5.54 Å². The van der Waals surface area contributed by atoms with Gasteiger partial charge in [-0.1, -0.05) is 6.92 Å². The van der Waals surface area contributed by atoms with Crippen LogP contribution in [-0.2, 0) is 11.8 Å². The van der Waals surface area contributed by atoms with Gasteiger partial charge in [-0.3, -0.25) is 9.48 Å². The van der Waals surface area contributed by atoms with Gasteiger partial charge >= 0.3 is 5.97 Å². The molecule has 0 fully saturated rings. The number of carboxylic acid groups (broad SMARTS) is 1. The zero-order valence-corrected chi connectivity index (χ0v) is 9.52. The van der Waals surface area contributed by atoms with E-state index in [1.807, 2.05) is 0 Å². The molecule has 1 aromatic heterocycles. The van der Waals surface area contributed by atoms with E-state index in [4.69, 9.17) is 5.11 Å². The van der Waals surface area contributed by atoms with Crippen LogP contribution in [0.15, 0.2) is 12.4 Å². The lowest BCUT2D eigenvalue weighted by Gasteiger charge is -2.24. The molecule has 1 rings (SSSR count). The Morgan fingerprint density at radius 1 is 1.62 bits per heavy atom. The molecule has 0 saturated carbocycles. The van der Waals surface area contributed by atoms with E-state index < -0.39 is 17.4 Å². The molecule has 1 amide bonds. The van der Waals surface area contributed by atoms with Gasteiger partial charge in [0.25, 0.3) is 5.91 Å². The average molecular weight is 225 g/mol. The summed E-state index contributed by atoms with van der Waals surface area (Å²) in [4.78, 5) is 22.7. The minimum Gasteiger partial charge on any atom is -0.480 e. The second-order valence-corrected chi connectivity index (χ2v) is 3.85. The fourth-order valence-corrected chi connectivity index (χ4v) is 1.15. The molecule has 0 radical (unpaired) electrons. The molecule has 0 saturated heterocycles. The molecule has 88 valence electrons. The molecule has 0 aliphatic rings. The molecule has 1 heterocycles. The highest BCUT2D eigenvalue weighted by atomic mass is 16.4. The van der Waals surface area contributed by atoms with Crippen LogP contribution < -0.4 is 5.32 Å². The van der Waals surface area contributed by atoms with Gasteiger partial charge in [0.05, 0.1) is 11.8 Å². The summed E-state index contributed by atoms with van der Waals surface area (Å²) in [5.41, 5.74) is -0.893. The Labute approximate surface area is 93.3 Å². The Morgan fingerprint density at radius 3 is 2.62 bits per heavy atom. The minimum absolute atomic E-state index is 0.314. The van der Waals surface area contributed by atoms with Gasteiger partial charge in [0.15, 0.2) is 0 Å². The number of carbonyl (C=O) groups is 2. The first-order valence-corrected chi connectivity index (χ1v) is 4.93. The summed E-state index contributed by atoms with van der Waals surface area (Å²) < 4.78 is 1.49. The first-order chi connectivity index (χ1) is 7.39. The third kappa shape index (κ3) is 2.39. The zero-order chi connectivity index (χ0) is 12.3. The molecule has 0 spiro atoms. The normalized spacial score (nSPS) is 14.2. The first-order valence-electron chi connectivity index (χ1n) is 4.93. The summed E-state index contributed by atoms with van der Waals surface area (Å²) in [6.45, 7) is 3.18. The van der Waals surface area contributed by atoms with Crippen molar-refractivity contribution in [3.05, 3.63) is 18.0 Å². The molecule has 1 unspecified atom stereocenters. The topological polar surface area (TPSA) is 84.2 Å². The highest BCUT2D eigenvalue weighted by Crippen LogP contribution is 2.10. The monoisotopic (exact) mass is 225 g/mol. The maximum Gasteiger partial charge on any atom is 0.329 e. The molecular weight excluding hydrogens is 210 g/mol. The number of nitrogens with one attached hydrogen (secondary N) is 1. The van der Waals surface area contributed by atoms with Gasteiger partial charge in [-0.2, -0.15) is 5.10 Å². The Morgan fingerprint density at radius 2 is 2.25 bits per heavy atom. The van der Waals surface area contributed by atoms with E-state index in [1.165, 1.54) is 24.0 Å². The molecule has 6 heteroatoms. The maximum atomic E-state index is 11.7. The van der Waals surface area contributed by atoms with Crippen molar-refractivity contribution in [1.29, 1.82) is 0 Å². The van der Waals surface area contributed by atoms with Crippen LogP contribution in [0.25, 0.3) is 0 Å². The van der Waals surface area contributed by atoms with E-state index in [1.54, 1.807) is 14.0 Å². The SMILES string of the molecule is CCC(C)(NC(=O)c1cnn(C)c1)C(=O)O. The maximum absolute atomic E-state index is 11.7. The Hall–Kier alpha value is -1.85. The van der Waals surface area contributed by atoms with Gasteiger partial charge in [0, 0.05) is 13.2 Å². The number of aromatic nitrogens is 2. The van der Waals surface area contributed by atoms with Crippen molar-refractivity contribution in [2.45, 2.75) is 25.8 Å². The predicted octanol–water partition coefficient (Wildman–Crippen LogP) is 0.403. The van der Waals surface area contributed by atoms with Crippen molar-refractivity contribution < 1.29 is 14.7 Å². The van der Waals surface area contributed by atoms with Crippen molar-refractivity contribution in [3.8, 4) is 0 Å². The molecule has 0 aliphatic carbocycles. The van der Waals surface area contributed by atoms with Crippen LogP contribution in [0.1, 0.15) is 30.6 Å². The van der Waals surface area contributed by atoms with E-state index in [0.717, 1.165) is 0 Å². The Kier molecular flexibility index (Phi) is 3.31. The fourth-order valence-electron chi connectivity index (χ4n) is 1.15. The third-order valence-electron chi connectivity index (χ3n) is 2.54. The number of nitrogens with zero attached hydrogens (tertiary/aromatic N) is 2. The summed E-state index contributed by atoms with van der Waals surface area (Å²) in [5, 5.41) is 15.3. The largest absolute Gasteiger partial charge is 0.480 e. The van der Waals surface area contributed by atoms with Gasteiger partial charge in [-0.05, 0) is 13.3 Å². The fraction of sp³-hybridized carbons (Fsp3) is 0.500. The van der Waals surface area contributed by atoms with Crippen LogP contribution in [0.2, 0.25) is 0 Å². The molecular formula is C10H15N3O3. The third-order valence-corrected chi connectivity index (χ3v) is 2.54. The summed E-state index contributed by atoms with van der Waals surface area (Å²) in [6.07, 6.45) is 3.24. The van der Waals surface area contributed by atoms with E-state index in [9.17, 15) is 9.59 Å². The van der Waals surface area contributed by atoms with Crippen LogP contribution in [-0.4, -0.2) is 32.3 Å². The van der Waals surface area contributed by atoms with Crippen LogP contribution in [0.4, 0.5) is 0 Å². The Bertz CT molecular complexity index is 413. The summed E-state index contributed by atoms with van der Waals surface area (Å²) in [6, 6.07) is 0. The lowest BCUT2D eigenvalue weighted by atomic mass is 9.99. The van der Waals surface area contributed by atoms with Gasteiger partial charge < -0.3 is 10.4 Å². The van der Waals surface area contributed by atoms with Crippen LogP contribution >= 0.6 is 0 Å². The number of carbonyl (C=O) groups excluding carboxylic acids is 1. The number of aryl methyl sites for hydroxylation is 1. The highest BCUT2D eigenvalue weighted by molar-refractivity contribution is 5.97. The molecule has 0 aromatic carbocycles. The summed E-state index contributed by atoms with van der Waals surface area (Å²) in [5.74, 6) is -1.48. The molecule has 1 aromatic rings. The van der Waals surface area contributed by atoms with Crippen molar-refractivity contribution >= 4 is 11.9 Å². The Balaban J connectivity index is 2.81. The quantitative estimate of drug-likeness (QED) is 0.777. The van der Waals surface area contributed by atoms with E-state index >= 15 is 0 Å². The van der Waals surface area contributed by atoms with Crippen molar-refractivity contribution in [2.75, 3.05) is 0 Å². The molecule has 6 nitrogen and oxygen atoms in total. The van der Waals surface area contributed by atoms with Crippen LogP contribution in [0, 0.1) is 0 Å². The second-order valence-electron chi connectivity index (χ2n) is 3.85. The number of hydrogen-bond acceptors (Lipinski definition) is 3. The van der Waals surface area contributed by atoms with E-state index in [0.29, 0.717) is 12.0 Å². The van der Waals surface area contributed by atoms with Crippen LogP contribution in [0.5, 0.6) is 0 Å².